The van der Waals surface area contributed by atoms with E-state index in [4.69, 9.17) is 54.3 Å². The first kappa shape index (κ1) is 113. The number of methoxy groups -OCH3 is 4. The van der Waals surface area contributed by atoms with Crippen molar-refractivity contribution in [1.29, 1.82) is 5.26 Å². The number of primary sulfonamides is 1. The number of fused-ring (bicyclic) bond motifs is 5. The van der Waals surface area contributed by atoms with Crippen LogP contribution in [0, 0.1) is 27.6 Å². The largest absolute Gasteiger partial charge is 0.496 e. The van der Waals surface area contributed by atoms with Crippen LogP contribution in [0.4, 0.5) is 0 Å². The first-order valence-corrected chi connectivity index (χ1v) is 52.8. The number of aryl methyl sites for hydroxylation is 3. The summed E-state index contributed by atoms with van der Waals surface area (Å²) < 4.78 is 55.3. The van der Waals surface area contributed by atoms with Gasteiger partial charge in [-0.15, -0.1) is 40.6 Å². The fraction of sp³-hybridized carbons (Fsp3) is 0.431. The number of para-hydroxylation sites is 10. The van der Waals surface area contributed by atoms with Gasteiger partial charge in [-0.2, -0.15) is 5.26 Å². The molecule has 2 N–H and O–H groups in total. The molecule has 0 saturated carbocycles. The number of sulfonamides is 1. The van der Waals surface area contributed by atoms with E-state index < -0.39 is 10.0 Å². The minimum absolute atomic E-state index is 0.00548. The smallest absolute Gasteiger partial charge is 0.238 e. The quantitative estimate of drug-likeness (QED) is 0.0621. The molecule has 754 valence electrons. The highest BCUT2D eigenvalue weighted by atomic mass is 32.2. The zero-order valence-corrected chi connectivity index (χ0v) is 92.7. The Bertz CT molecular complexity index is 6820. The lowest BCUT2D eigenvalue weighted by molar-refractivity contribution is 0.176. The van der Waals surface area contributed by atoms with E-state index in [-0.39, 0.29) is 42.8 Å². The Balaban J connectivity index is 0.000000180. The van der Waals surface area contributed by atoms with E-state index in [1.807, 2.05) is 97.1 Å². The van der Waals surface area contributed by atoms with Gasteiger partial charge >= 0.3 is 0 Å². The normalized spacial score (nSPS) is 12.0. The lowest BCUT2D eigenvalue weighted by Gasteiger charge is -2.30. The van der Waals surface area contributed by atoms with E-state index in [9.17, 15) is 8.42 Å². The minimum atomic E-state index is -3.69. The molecule has 21 nitrogen and oxygen atoms in total. The molecule has 0 atom stereocenters. The number of rotatable bonds is 22. The number of nitriles is 1. The van der Waals surface area contributed by atoms with Crippen molar-refractivity contribution in [3.8, 4) is 44.5 Å². The summed E-state index contributed by atoms with van der Waals surface area (Å²) in [7, 11) is 3.09. The lowest BCUT2D eigenvalue weighted by atomic mass is 9.91. The van der Waals surface area contributed by atoms with Crippen LogP contribution in [-0.4, -0.2) is 113 Å². The van der Waals surface area contributed by atoms with Crippen LogP contribution in [0.2, 0.25) is 0 Å². The summed E-state index contributed by atoms with van der Waals surface area (Å²) >= 11 is 5.20. The SMILES string of the molecule is C=CCn1c(C(C)(C)C)nc2ccccc21.CC(C)(C)Cc1csc(-c2ccccc2)n1.CC(C)(C)c1nc2ccccc2n1CCC#N.CCn1c(C(C)(C)C)nc2cc(S(N)(=O)=O)ccc21.CCn1c(C(C)(C)C)nc2ccccc21.COCCn1c(C(C)(C)C)nc2ccccc21.COc1cccc(-c2nc(CC(C)(C)C)cs2)c1OC.COc1ccccc1CN(Cc1cccs1)CC(C)(C)C. The van der Waals surface area contributed by atoms with Gasteiger partial charge in [0.05, 0.1) is 117 Å². The van der Waals surface area contributed by atoms with Crippen LogP contribution >= 0.6 is 34.0 Å². The first-order valence-electron chi connectivity index (χ1n) is 48.6. The van der Waals surface area contributed by atoms with Gasteiger partial charge in [-0.25, -0.2) is 48.4 Å². The van der Waals surface area contributed by atoms with Gasteiger partial charge in [0, 0.05) is 113 Å². The van der Waals surface area contributed by atoms with Crippen LogP contribution in [0.3, 0.4) is 0 Å². The van der Waals surface area contributed by atoms with Crippen molar-refractivity contribution < 1.29 is 27.4 Å². The Morgan fingerprint density at radius 1 is 0.426 bits per heavy atom. The van der Waals surface area contributed by atoms with Crippen LogP contribution in [0.25, 0.3) is 76.3 Å². The average Bonchev–Trinajstić information content (AvgIpc) is 1.26. The van der Waals surface area contributed by atoms with E-state index >= 15 is 0 Å². The molecule has 16 aromatic rings. The molecule has 25 heteroatoms. The van der Waals surface area contributed by atoms with Crippen LogP contribution in [0.1, 0.15) is 237 Å². The second kappa shape index (κ2) is 49.5. The summed E-state index contributed by atoms with van der Waals surface area (Å²) in [5.74, 6) is 7.85. The Labute approximate surface area is 852 Å². The Hall–Kier alpha value is -11.5. The number of hydrogen-bond donors (Lipinski definition) is 1. The van der Waals surface area contributed by atoms with Gasteiger partial charge < -0.3 is 41.8 Å². The number of thiazole rings is 2. The second-order valence-electron chi connectivity index (χ2n) is 43.9. The maximum Gasteiger partial charge on any atom is 0.238 e. The predicted molar refractivity (Wildman–Crippen MR) is 593 cm³/mol. The Morgan fingerprint density at radius 3 is 1.26 bits per heavy atom. The third-order valence-electron chi connectivity index (χ3n) is 22.4. The summed E-state index contributed by atoms with van der Waals surface area (Å²) in [6, 6.07) is 68.8. The number of aromatic nitrogens is 12. The zero-order chi connectivity index (χ0) is 104. The third kappa shape index (κ3) is 32.5. The molecular formula is C116H155N15O6S4. The highest BCUT2D eigenvalue weighted by Gasteiger charge is 2.30. The van der Waals surface area contributed by atoms with Crippen molar-refractivity contribution in [2.45, 2.75) is 277 Å². The van der Waals surface area contributed by atoms with Crippen molar-refractivity contribution in [1.82, 2.24) is 62.6 Å². The molecule has 8 aromatic heterocycles. The number of hydrogen-bond acceptors (Lipinski definition) is 18. The molecule has 0 spiro atoms. The fourth-order valence-corrected chi connectivity index (χ4v) is 19.4. The molecular weight excluding hydrogens is 1830 g/mol. The fourth-order valence-electron chi connectivity index (χ4n) is 16.5. The molecule has 0 aliphatic rings. The number of thiophene rings is 1. The number of imidazole rings is 5. The molecule has 8 heterocycles. The number of benzene rings is 8. The summed E-state index contributed by atoms with van der Waals surface area (Å²) in [4.78, 5) is 36.9. The van der Waals surface area contributed by atoms with E-state index in [0.717, 1.165) is 154 Å². The van der Waals surface area contributed by atoms with E-state index in [0.29, 0.717) is 30.5 Å². The predicted octanol–water partition coefficient (Wildman–Crippen LogP) is 28.7. The highest BCUT2D eigenvalue weighted by molar-refractivity contribution is 7.89. The number of nitrogens with two attached hydrogens (primary N) is 1. The van der Waals surface area contributed by atoms with Gasteiger partial charge in [0.1, 0.15) is 44.9 Å². The number of allylic oxidation sites excluding steroid dienone is 1. The molecule has 0 radical (unpaired) electrons. The molecule has 0 aliphatic carbocycles. The van der Waals surface area contributed by atoms with Crippen LogP contribution < -0.4 is 19.3 Å². The van der Waals surface area contributed by atoms with Crippen molar-refractivity contribution in [3.05, 3.63) is 280 Å². The van der Waals surface area contributed by atoms with E-state index in [2.05, 4.69) is 349 Å². The Morgan fingerprint density at radius 2 is 0.837 bits per heavy atom. The summed E-state index contributed by atoms with van der Waals surface area (Å²) in [6.45, 7) is 68.6. The van der Waals surface area contributed by atoms with Gasteiger partial charge in [0.15, 0.2) is 11.5 Å². The van der Waals surface area contributed by atoms with Crippen LogP contribution in [0.15, 0.2) is 234 Å². The van der Waals surface area contributed by atoms with Crippen molar-refractivity contribution in [2.75, 3.05) is 41.6 Å². The molecule has 141 heavy (non-hydrogen) atoms. The molecule has 0 bridgehead atoms. The summed E-state index contributed by atoms with van der Waals surface area (Å²) in [5.41, 5.74) is 17.3. The topological polar surface area (TPSA) is 239 Å². The standard InChI is InChI=1S/C18H25NOS.C16H21NO2S.C14H17N3.C14H20N2O.C14H18N2.C14H17NS.C13H19N3O2S.C13H18N2/c1-18(2,3)14-19(13-16-9-7-11-21-16)12-15-8-5-6-10-17(15)20-4;1-16(2,3)9-11-10-20-15(17-11)12-7-6-8-13(18-4)14(12)19-5;1-14(2,3)13-16-11-7-4-5-8-12(11)17(13)10-6-9-15;1-14(2,3)13-15-11-7-5-6-8-12(11)16(13)9-10-17-4;1-5-10-16-12-9-7-6-8-11(12)15-13(16)14(2,3)4;1-14(2,3)9-12-10-16-13(15-12)11-7-5-4-6-8-11;1-5-16-11-7-6-9(19(14,17)18)8-10(11)15-12(16)13(2,3)4;1-5-15-11-9-7-6-8-10(11)14-12(15)13(2,3)4/h5-11H,12-14H2,1-4H3;6-8,10H,9H2,1-5H3;4-5,7-8H,6,10H2,1-3H3;5-8H,9-10H2,1-4H3;5-9H,1,10H2,2-4H3;4-8,10H,9H2,1-3H3;6-8H,5H2,1-4H3,(H2,14,17,18);6-9H,5H2,1-4H3. The Kier molecular flexibility index (Phi) is 39.7. The monoisotopic (exact) mass is 1980 g/mol. The second-order valence-corrected chi connectivity index (χ2v) is 48.2. The van der Waals surface area contributed by atoms with Gasteiger partial charge in [-0.05, 0) is 139 Å². The summed E-state index contributed by atoms with van der Waals surface area (Å²) in [6.07, 6.45) is 4.44. The zero-order valence-electron chi connectivity index (χ0n) is 89.5. The highest BCUT2D eigenvalue weighted by Crippen LogP contribution is 2.41. The summed E-state index contributed by atoms with van der Waals surface area (Å²) in [5, 5.41) is 22.4. The number of ether oxygens (including phenoxy) is 4. The molecule has 16 rings (SSSR count). The maximum atomic E-state index is 11.4. The molecule has 0 saturated heterocycles. The van der Waals surface area contributed by atoms with Crippen molar-refractivity contribution in [2.24, 2.45) is 21.4 Å². The first-order chi connectivity index (χ1) is 66.3. The molecule has 0 fully saturated rings. The minimum Gasteiger partial charge on any atom is -0.496 e. The van der Waals surface area contributed by atoms with Crippen LogP contribution in [0.5, 0.6) is 17.2 Å². The third-order valence-corrected chi connectivity index (χ3v) is 26.0. The average molecular weight is 1980 g/mol. The van der Waals surface area contributed by atoms with E-state index in [1.165, 1.54) is 56.2 Å². The van der Waals surface area contributed by atoms with Crippen molar-refractivity contribution in [3.63, 3.8) is 0 Å². The lowest BCUT2D eigenvalue weighted by Crippen LogP contribution is -2.31. The maximum absolute atomic E-state index is 11.4. The molecule has 0 amide bonds. The van der Waals surface area contributed by atoms with Gasteiger partial charge in [-0.1, -0.05) is 281 Å². The van der Waals surface area contributed by atoms with Gasteiger partial charge in [0.25, 0.3) is 0 Å². The van der Waals surface area contributed by atoms with Crippen molar-refractivity contribution >= 4 is 99.2 Å². The molecule has 0 aliphatic heterocycles. The van der Waals surface area contributed by atoms with E-state index in [1.54, 1.807) is 57.2 Å². The van der Waals surface area contributed by atoms with Crippen LogP contribution in [-0.2, 0) is 100 Å². The molecule has 8 aromatic carbocycles. The molecule has 0 unspecified atom stereocenters. The number of nitrogens with zero attached hydrogens (tertiary/aromatic N) is 14. The van der Waals surface area contributed by atoms with Gasteiger partial charge in [-0.3, -0.25) is 4.90 Å². The van der Waals surface area contributed by atoms with Gasteiger partial charge in [0.2, 0.25) is 10.0 Å².